The van der Waals surface area contributed by atoms with Gasteiger partial charge in [-0.3, -0.25) is 4.79 Å². The Morgan fingerprint density at radius 2 is 2.44 bits per heavy atom. The number of rotatable bonds is 2. The quantitative estimate of drug-likeness (QED) is 0.882. The number of nitrogens with zero attached hydrogens (tertiary/aromatic N) is 2. The van der Waals surface area contributed by atoms with Crippen molar-refractivity contribution >= 4 is 17.2 Å². The summed E-state index contributed by atoms with van der Waals surface area (Å²) >= 11 is 1.55. The van der Waals surface area contributed by atoms with Gasteiger partial charge in [-0.05, 0) is 25.2 Å². The third-order valence-corrected chi connectivity index (χ3v) is 5.01. The zero-order valence-electron chi connectivity index (χ0n) is 10.8. The summed E-state index contributed by atoms with van der Waals surface area (Å²) in [4.78, 5) is 18.9. The Morgan fingerprint density at radius 1 is 1.61 bits per heavy atom. The first-order chi connectivity index (χ1) is 8.70. The molecule has 1 N–H and O–H groups in total. The monoisotopic (exact) mass is 265 g/mol. The molecule has 0 radical (unpaired) electrons. The van der Waals surface area contributed by atoms with E-state index in [-0.39, 0.29) is 5.91 Å². The van der Waals surface area contributed by atoms with E-state index in [0.717, 1.165) is 31.1 Å². The minimum Gasteiger partial charge on any atom is -0.334 e. The summed E-state index contributed by atoms with van der Waals surface area (Å²) in [5, 5.41) is 6.29. The SMILES string of the molecule is CCC1C2CNCC2CN1C(=O)c1csc(C)n1. The Kier molecular flexibility index (Phi) is 3.11. The van der Waals surface area contributed by atoms with Gasteiger partial charge in [0.25, 0.3) is 5.91 Å². The molecule has 3 atom stereocenters. The average molecular weight is 265 g/mol. The van der Waals surface area contributed by atoms with E-state index in [1.807, 2.05) is 12.3 Å². The van der Waals surface area contributed by atoms with Crippen LogP contribution in [-0.4, -0.2) is 41.5 Å². The molecule has 0 aliphatic carbocycles. The van der Waals surface area contributed by atoms with Crippen molar-refractivity contribution in [3.63, 3.8) is 0 Å². The molecular weight excluding hydrogens is 246 g/mol. The zero-order chi connectivity index (χ0) is 12.7. The summed E-state index contributed by atoms with van der Waals surface area (Å²) < 4.78 is 0. The molecule has 0 aromatic carbocycles. The predicted molar refractivity (Wildman–Crippen MR) is 71.8 cm³/mol. The smallest absolute Gasteiger partial charge is 0.273 e. The molecule has 98 valence electrons. The standard InChI is InChI=1S/C13H19N3OS/c1-3-12-10-5-14-4-9(10)6-16(12)13(17)11-7-18-8(2)15-11/h7,9-10,12,14H,3-6H2,1-2H3. The van der Waals surface area contributed by atoms with E-state index in [4.69, 9.17) is 0 Å². The highest BCUT2D eigenvalue weighted by Crippen LogP contribution is 2.35. The molecule has 0 saturated carbocycles. The molecule has 2 aliphatic heterocycles. The number of fused-ring (bicyclic) bond motifs is 1. The molecule has 2 saturated heterocycles. The van der Waals surface area contributed by atoms with Crippen molar-refractivity contribution in [3.05, 3.63) is 16.1 Å². The van der Waals surface area contributed by atoms with Gasteiger partial charge in [0.2, 0.25) is 0 Å². The zero-order valence-corrected chi connectivity index (χ0v) is 11.7. The number of amides is 1. The van der Waals surface area contributed by atoms with E-state index < -0.39 is 0 Å². The highest BCUT2D eigenvalue weighted by Gasteiger charge is 2.45. The molecule has 5 heteroatoms. The highest BCUT2D eigenvalue weighted by molar-refractivity contribution is 7.09. The Labute approximate surface area is 111 Å². The number of carbonyl (C=O) groups excluding carboxylic acids is 1. The molecule has 3 unspecified atom stereocenters. The van der Waals surface area contributed by atoms with E-state index in [0.29, 0.717) is 23.6 Å². The number of aryl methyl sites for hydroxylation is 1. The number of aromatic nitrogens is 1. The van der Waals surface area contributed by atoms with Crippen molar-refractivity contribution in [1.29, 1.82) is 0 Å². The van der Waals surface area contributed by atoms with Crippen LogP contribution < -0.4 is 5.32 Å². The summed E-state index contributed by atoms with van der Waals surface area (Å²) in [6.07, 6.45) is 1.04. The first kappa shape index (κ1) is 12.1. The second-order valence-electron chi connectivity index (χ2n) is 5.27. The number of carbonyl (C=O) groups is 1. The lowest BCUT2D eigenvalue weighted by Gasteiger charge is -2.26. The molecule has 1 aromatic rings. The fourth-order valence-corrected chi connectivity index (χ4v) is 3.97. The van der Waals surface area contributed by atoms with Crippen LogP contribution in [0.15, 0.2) is 5.38 Å². The Morgan fingerprint density at radius 3 is 3.11 bits per heavy atom. The molecule has 0 bridgehead atoms. The summed E-state index contributed by atoms with van der Waals surface area (Å²) in [5.41, 5.74) is 0.629. The minimum atomic E-state index is 0.126. The van der Waals surface area contributed by atoms with E-state index in [1.165, 1.54) is 0 Å². The van der Waals surface area contributed by atoms with Gasteiger partial charge in [-0.15, -0.1) is 11.3 Å². The van der Waals surface area contributed by atoms with Crippen LogP contribution in [0.1, 0.15) is 28.8 Å². The van der Waals surface area contributed by atoms with Crippen LogP contribution in [0.2, 0.25) is 0 Å². The first-order valence-corrected chi connectivity index (χ1v) is 7.52. The van der Waals surface area contributed by atoms with Crippen LogP contribution >= 0.6 is 11.3 Å². The van der Waals surface area contributed by atoms with Gasteiger partial charge in [-0.25, -0.2) is 4.98 Å². The molecule has 1 aromatic heterocycles. The molecule has 4 nitrogen and oxygen atoms in total. The Bertz CT molecular complexity index is 459. The second kappa shape index (κ2) is 4.63. The fourth-order valence-electron chi connectivity index (χ4n) is 3.39. The lowest BCUT2D eigenvalue weighted by Crippen LogP contribution is -2.39. The Hall–Kier alpha value is -0.940. The third-order valence-electron chi connectivity index (χ3n) is 4.24. The maximum atomic E-state index is 12.5. The van der Waals surface area contributed by atoms with Crippen molar-refractivity contribution in [2.45, 2.75) is 26.3 Å². The number of likely N-dealkylation sites (tertiary alicyclic amines) is 1. The van der Waals surface area contributed by atoms with Gasteiger partial charge in [-0.2, -0.15) is 0 Å². The van der Waals surface area contributed by atoms with Crippen molar-refractivity contribution < 1.29 is 4.79 Å². The number of hydrogen-bond donors (Lipinski definition) is 1. The maximum Gasteiger partial charge on any atom is 0.273 e. The topological polar surface area (TPSA) is 45.2 Å². The van der Waals surface area contributed by atoms with Crippen molar-refractivity contribution in [3.8, 4) is 0 Å². The number of hydrogen-bond acceptors (Lipinski definition) is 4. The normalized spacial score (nSPS) is 30.8. The molecular formula is C13H19N3OS. The fraction of sp³-hybridized carbons (Fsp3) is 0.692. The van der Waals surface area contributed by atoms with Crippen LogP contribution in [0, 0.1) is 18.8 Å². The molecule has 18 heavy (non-hydrogen) atoms. The number of nitrogens with one attached hydrogen (secondary N) is 1. The van der Waals surface area contributed by atoms with Gasteiger partial charge in [0, 0.05) is 31.1 Å². The van der Waals surface area contributed by atoms with Gasteiger partial charge in [0.1, 0.15) is 5.69 Å². The largest absolute Gasteiger partial charge is 0.334 e. The van der Waals surface area contributed by atoms with Crippen molar-refractivity contribution in [2.75, 3.05) is 19.6 Å². The molecule has 3 rings (SSSR count). The number of thiazole rings is 1. The van der Waals surface area contributed by atoms with Crippen molar-refractivity contribution in [1.82, 2.24) is 15.2 Å². The lowest BCUT2D eigenvalue weighted by molar-refractivity contribution is 0.0706. The molecule has 0 spiro atoms. The van der Waals surface area contributed by atoms with Gasteiger partial charge in [-0.1, -0.05) is 6.92 Å². The predicted octanol–water partition coefficient (Wildman–Crippen LogP) is 1.52. The van der Waals surface area contributed by atoms with Crippen LogP contribution in [0.25, 0.3) is 0 Å². The minimum absolute atomic E-state index is 0.126. The van der Waals surface area contributed by atoms with E-state index >= 15 is 0 Å². The van der Waals surface area contributed by atoms with Gasteiger partial charge < -0.3 is 10.2 Å². The van der Waals surface area contributed by atoms with E-state index in [2.05, 4.69) is 22.1 Å². The summed E-state index contributed by atoms with van der Waals surface area (Å²) in [6, 6.07) is 0.388. The van der Waals surface area contributed by atoms with Crippen LogP contribution in [0.5, 0.6) is 0 Å². The summed E-state index contributed by atoms with van der Waals surface area (Å²) in [6.45, 7) is 7.13. The van der Waals surface area contributed by atoms with Crippen LogP contribution in [0.4, 0.5) is 0 Å². The van der Waals surface area contributed by atoms with Crippen LogP contribution in [-0.2, 0) is 0 Å². The molecule has 3 heterocycles. The van der Waals surface area contributed by atoms with Crippen LogP contribution in [0.3, 0.4) is 0 Å². The Balaban J connectivity index is 1.81. The van der Waals surface area contributed by atoms with Gasteiger partial charge in [0.05, 0.1) is 5.01 Å². The van der Waals surface area contributed by atoms with Gasteiger partial charge >= 0.3 is 0 Å². The lowest BCUT2D eigenvalue weighted by atomic mass is 9.93. The summed E-state index contributed by atoms with van der Waals surface area (Å²) in [7, 11) is 0. The maximum absolute atomic E-state index is 12.5. The van der Waals surface area contributed by atoms with Crippen molar-refractivity contribution in [2.24, 2.45) is 11.8 Å². The molecule has 1 amide bonds. The second-order valence-corrected chi connectivity index (χ2v) is 6.33. The first-order valence-electron chi connectivity index (χ1n) is 6.64. The molecule has 2 fully saturated rings. The average Bonchev–Trinajstić information content (AvgIpc) is 3.01. The summed E-state index contributed by atoms with van der Waals surface area (Å²) in [5.74, 6) is 1.40. The third kappa shape index (κ3) is 1.86. The van der Waals surface area contributed by atoms with E-state index in [9.17, 15) is 4.79 Å². The van der Waals surface area contributed by atoms with Gasteiger partial charge in [0.15, 0.2) is 0 Å². The highest BCUT2D eigenvalue weighted by atomic mass is 32.1. The molecule has 2 aliphatic rings. The van der Waals surface area contributed by atoms with E-state index in [1.54, 1.807) is 11.3 Å².